The van der Waals surface area contributed by atoms with Crippen molar-refractivity contribution in [1.29, 1.82) is 0 Å². The second-order valence-corrected chi connectivity index (χ2v) is 7.11. The van der Waals surface area contributed by atoms with Crippen LogP contribution in [-0.2, 0) is 14.3 Å². The molecule has 9 heteroatoms. The van der Waals surface area contributed by atoms with Gasteiger partial charge in [0, 0.05) is 6.04 Å². The van der Waals surface area contributed by atoms with Crippen molar-refractivity contribution < 1.29 is 33.3 Å². The number of carbonyl (C=O) groups is 3. The van der Waals surface area contributed by atoms with Crippen molar-refractivity contribution in [2.45, 2.75) is 32.9 Å². The lowest BCUT2D eigenvalue weighted by molar-refractivity contribution is -0.129. The molecule has 0 fully saturated rings. The topological polar surface area (TPSA) is 112 Å². The van der Waals surface area contributed by atoms with Crippen molar-refractivity contribution in [3.8, 4) is 17.2 Å². The Kier molecular flexibility index (Phi) is 8.88. The average molecular weight is 444 g/mol. The van der Waals surface area contributed by atoms with Crippen LogP contribution in [-0.4, -0.2) is 50.8 Å². The van der Waals surface area contributed by atoms with Crippen LogP contribution in [0.4, 0.5) is 5.69 Å². The Labute approximate surface area is 187 Å². The maximum absolute atomic E-state index is 12.4. The molecule has 32 heavy (non-hydrogen) atoms. The molecule has 1 unspecified atom stereocenters. The summed E-state index contributed by atoms with van der Waals surface area (Å²) in [5.41, 5.74) is 0.696. The Morgan fingerprint density at radius 3 is 2.25 bits per heavy atom. The first kappa shape index (κ1) is 24.5. The van der Waals surface area contributed by atoms with Gasteiger partial charge in [-0.1, -0.05) is 12.1 Å². The SMILES string of the molecule is COc1ccccc1NC(=O)COc1ccc(C(=O)OC(C)C(=O)NC(C)C)cc1OC. The van der Waals surface area contributed by atoms with Gasteiger partial charge in [-0.25, -0.2) is 4.79 Å². The fraction of sp³-hybridized carbons (Fsp3) is 0.348. The highest BCUT2D eigenvalue weighted by Gasteiger charge is 2.21. The molecule has 0 aromatic heterocycles. The highest BCUT2D eigenvalue weighted by atomic mass is 16.5. The lowest BCUT2D eigenvalue weighted by Crippen LogP contribution is -2.39. The van der Waals surface area contributed by atoms with Gasteiger partial charge in [0.2, 0.25) is 0 Å². The molecule has 0 aliphatic heterocycles. The molecule has 0 heterocycles. The molecule has 0 spiro atoms. The van der Waals surface area contributed by atoms with Gasteiger partial charge in [0.05, 0.1) is 25.5 Å². The van der Waals surface area contributed by atoms with Gasteiger partial charge < -0.3 is 29.6 Å². The van der Waals surface area contributed by atoms with Gasteiger partial charge in [0.1, 0.15) is 5.75 Å². The van der Waals surface area contributed by atoms with Gasteiger partial charge in [-0.2, -0.15) is 0 Å². The molecule has 0 bridgehead atoms. The summed E-state index contributed by atoms with van der Waals surface area (Å²) in [4.78, 5) is 36.6. The molecular formula is C23H28N2O7. The second-order valence-electron chi connectivity index (χ2n) is 7.11. The third kappa shape index (κ3) is 6.90. The first-order chi connectivity index (χ1) is 15.2. The molecule has 2 aromatic carbocycles. The first-order valence-electron chi connectivity index (χ1n) is 10.00. The number of methoxy groups -OCH3 is 2. The monoisotopic (exact) mass is 444 g/mol. The molecule has 2 amide bonds. The lowest BCUT2D eigenvalue weighted by atomic mass is 10.2. The summed E-state index contributed by atoms with van der Waals surface area (Å²) < 4.78 is 21.2. The Balaban J connectivity index is 2.00. The Hall–Kier alpha value is -3.75. The number of esters is 1. The molecule has 9 nitrogen and oxygen atoms in total. The normalized spacial score (nSPS) is 11.3. The van der Waals surface area contributed by atoms with Crippen LogP contribution < -0.4 is 24.8 Å². The Morgan fingerprint density at radius 2 is 1.59 bits per heavy atom. The third-order valence-corrected chi connectivity index (χ3v) is 4.22. The highest BCUT2D eigenvalue weighted by Crippen LogP contribution is 2.29. The van der Waals surface area contributed by atoms with Gasteiger partial charge in [-0.15, -0.1) is 0 Å². The highest BCUT2D eigenvalue weighted by molar-refractivity contribution is 5.94. The predicted octanol–water partition coefficient (Wildman–Crippen LogP) is 2.79. The third-order valence-electron chi connectivity index (χ3n) is 4.22. The van der Waals surface area contributed by atoms with Gasteiger partial charge >= 0.3 is 5.97 Å². The molecule has 172 valence electrons. The van der Waals surface area contributed by atoms with Gasteiger partial charge in [0.25, 0.3) is 11.8 Å². The quantitative estimate of drug-likeness (QED) is 0.542. The number of ether oxygens (including phenoxy) is 4. The standard InChI is InChI=1S/C23H28N2O7/c1-14(2)24-22(27)15(3)32-23(28)16-10-11-19(20(12-16)30-5)31-13-21(26)25-17-8-6-7-9-18(17)29-4/h6-12,14-15H,13H2,1-5H3,(H,24,27)(H,25,26). The maximum atomic E-state index is 12.4. The summed E-state index contributed by atoms with van der Waals surface area (Å²) >= 11 is 0. The molecule has 0 saturated heterocycles. The van der Waals surface area contributed by atoms with Crippen LogP contribution in [0.1, 0.15) is 31.1 Å². The van der Waals surface area contributed by atoms with E-state index in [-0.39, 0.29) is 35.6 Å². The molecule has 2 N–H and O–H groups in total. The maximum Gasteiger partial charge on any atom is 0.339 e. The zero-order valence-electron chi connectivity index (χ0n) is 18.8. The summed E-state index contributed by atoms with van der Waals surface area (Å²) in [5.74, 6) is -0.437. The van der Waals surface area contributed by atoms with E-state index in [0.717, 1.165) is 0 Å². The van der Waals surface area contributed by atoms with Crippen LogP contribution >= 0.6 is 0 Å². The van der Waals surface area contributed by atoms with E-state index in [1.807, 2.05) is 13.8 Å². The Bertz CT molecular complexity index is 959. The van der Waals surface area contributed by atoms with Crippen molar-refractivity contribution in [2.24, 2.45) is 0 Å². The minimum Gasteiger partial charge on any atom is -0.495 e. The summed E-state index contributed by atoms with van der Waals surface area (Å²) in [7, 11) is 2.92. The summed E-state index contributed by atoms with van der Waals surface area (Å²) in [6.45, 7) is 4.83. The number of amides is 2. The van der Waals surface area contributed by atoms with E-state index in [9.17, 15) is 14.4 Å². The summed E-state index contributed by atoms with van der Waals surface area (Å²) in [6.07, 6.45) is -0.953. The van der Waals surface area contributed by atoms with E-state index in [4.69, 9.17) is 18.9 Å². The fourth-order valence-corrected chi connectivity index (χ4v) is 2.68. The van der Waals surface area contributed by atoms with E-state index in [2.05, 4.69) is 10.6 Å². The number of benzene rings is 2. The molecule has 1 atom stereocenters. The summed E-state index contributed by atoms with van der Waals surface area (Å²) in [5, 5.41) is 5.38. The van der Waals surface area contributed by atoms with E-state index in [0.29, 0.717) is 11.4 Å². The number of hydrogen-bond acceptors (Lipinski definition) is 7. The first-order valence-corrected chi connectivity index (χ1v) is 10.00. The smallest absolute Gasteiger partial charge is 0.339 e. The zero-order valence-corrected chi connectivity index (χ0v) is 18.8. The van der Waals surface area contributed by atoms with Crippen molar-refractivity contribution in [2.75, 3.05) is 26.1 Å². The van der Waals surface area contributed by atoms with E-state index in [1.54, 1.807) is 24.3 Å². The molecule has 0 saturated carbocycles. The molecule has 0 aliphatic rings. The lowest BCUT2D eigenvalue weighted by Gasteiger charge is -2.16. The van der Waals surface area contributed by atoms with Crippen molar-refractivity contribution >= 4 is 23.5 Å². The number of carbonyl (C=O) groups excluding carboxylic acids is 3. The Morgan fingerprint density at radius 1 is 0.906 bits per heavy atom. The minimum atomic E-state index is -0.953. The molecule has 0 aliphatic carbocycles. The number of rotatable bonds is 10. The number of hydrogen-bond donors (Lipinski definition) is 2. The van der Waals surface area contributed by atoms with Crippen LogP contribution in [0.15, 0.2) is 42.5 Å². The van der Waals surface area contributed by atoms with Crippen LogP contribution in [0.2, 0.25) is 0 Å². The molecule has 2 rings (SSSR count). The number of nitrogens with one attached hydrogen (secondary N) is 2. The average Bonchev–Trinajstić information content (AvgIpc) is 2.77. The minimum absolute atomic E-state index is 0.0691. The molecule has 2 aromatic rings. The van der Waals surface area contributed by atoms with Gasteiger partial charge in [0.15, 0.2) is 24.2 Å². The molecular weight excluding hydrogens is 416 g/mol. The van der Waals surface area contributed by atoms with Crippen molar-refractivity contribution in [3.63, 3.8) is 0 Å². The van der Waals surface area contributed by atoms with Gasteiger partial charge in [-0.3, -0.25) is 9.59 Å². The summed E-state index contributed by atoms with van der Waals surface area (Å²) in [6, 6.07) is 11.3. The van der Waals surface area contributed by atoms with Crippen molar-refractivity contribution in [1.82, 2.24) is 5.32 Å². The number of para-hydroxylation sites is 2. The van der Waals surface area contributed by atoms with Crippen LogP contribution in [0, 0.1) is 0 Å². The zero-order chi connectivity index (χ0) is 23.7. The fourth-order valence-electron chi connectivity index (χ4n) is 2.68. The van der Waals surface area contributed by atoms with Crippen LogP contribution in [0.5, 0.6) is 17.2 Å². The van der Waals surface area contributed by atoms with Gasteiger partial charge in [-0.05, 0) is 51.1 Å². The largest absolute Gasteiger partial charge is 0.495 e. The van der Waals surface area contributed by atoms with Crippen molar-refractivity contribution in [3.05, 3.63) is 48.0 Å². The van der Waals surface area contributed by atoms with Crippen LogP contribution in [0.25, 0.3) is 0 Å². The van der Waals surface area contributed by atoms with E-state index in [1.165, 1.54) is 39.3 Å². The van der Waals surface area contributed by atoms with E-state index < -0.39 is 18.0 Å². The predicted molar refractivity (Wildman–Crippen MR) is 118 cm³/mol. The van der Waals surface area contributed by atoms with E-state index >= 15 is 0 Å². The number of anilines is 1. The second kappa shape index (κ2) is 11.6. The molecule has 0 radical (unpaired) electrons. The van der Waals surface area contributed by atoms with Crippen LogP contribution in [0.3, 0.4) is 0 Å².